The Morgan fingerprint density at radius 3 is 2.15 bits per heavy atom. The van der Waals surface area contributed by atoms with Crippen molar-refractivity contribution in [3.8, 4) is 0 Å². The predicted octanol–water partition coefficient (Wildman–Crippen LogP) is 2.32. The van der Waals surface area contributed by atoms with Crippen LogP contribution in [0.2, 0.25) is 5.02 Å². The maximum Gasteiger partial charge on any atom is 0.227 e. The maximum absolute atomic E-state index is 12.7. The van der Waals surface area contributed by atoms with Crippen LogP contribution in [0.4, 0.5) is 11.6 Å². The van der Waals surface area contributed by atoms with Crippen molar-refractivity contribution in [2.24, 2.45) is 0 Å². The van der Waals surface area contributed by atoms with Crippen LogP contribution in [0.5, 0.6) is 0 Å². The van der Waals surface area contributed by atoms with Gasteiger partial charge < -0.3 is 19.4 Å². The third kappa shape index (κ3) is 5.62. The quantitative estimate of drug-likeness (QED) is 0.623. The number of carbonyl (C=O) groups is 1. The molecule has 0 radical (unpaired) electrons. The Labute approximate surface area is 206 Å². The number of piperazine rings is 2. The summed E-state index contributed by atoms with van der Waals surface area (Å²) in [5.41, 5.74) is 0.880. The summed E-state index contributed by atoms with van der Waals surface area (Å²) in [5, 5.41) is 9.68. The molecule has 2 aromatic rings. The number of aromatic nitrogens is 2. The number of ether oxygens (including phenoxy) is 1. The Bertz CT molecular complexity index is 952. The van der Waals surface area contributed by atoms with Gasteiger partial charge >= 0.3 is 0 Å². The number of carbonyl (C=O) groups excluding carboxylic acids is 1. The standard InChI is InChI=1S/C25H33ClN6O2/c26-22-6-2-1-4-20(22)18-25(33)32-15-13-31(14-16-32)24-8-7-23(27-28-24)30-11-9-29(10-12-30)19-21-5-3-17-34-21/h1-2,4,6-8,21H,3,5,9-19H2. The molecule has 5 rings (SSSR count). The second-order valence-corrected chi connectivity index (χ2v) is 9.72. The van der Waals surface area contributed by atoms with Crippen molar-refractivity contribution in [3.63, 3.8) is 0 Å². The van der Waals surface area contributed by atoms with Crippen LogP contribution < -0.4 is 9.80 Å². The molecule has 34 heavy (non-hydrogen) atoms. The van der Waals surface area contributed by atoms with Gasteiger partial charge in [-0.15, -0.1) is 10.2 Å². The lowest BCUT2D eigenvalue weighted by molar-refractivity contribution is -0.130. The average molecular weight is 485 g/mol. The van der Waals surface area contributed by atoms with Crippen LogP contribution in [0, 0.1) is 0 Å². The fourth-order valence-electron chi connectivity index (χ4n) is 4.99. The molecule has 1 aromatic carbocycles. The van der Waals surface area contributed by atoms with Gasteiger partial charge in [0.25, 0.3) is 0 Å². The summed E-state index contributed by atoms with van der Waals surface area (Å²) in [6.07, 6.45) is 3.14. The van der Waals surface area contributed by atoms with Crippen molar-refractivity contribution in [2.75, 3.05) is 75.3 Å². The van der Waals surface area contributed by atoms with Gasteiger partial charge in [-0.05, 0) is 36.6 Å². The Kier molecular flexibility index (Phi) is 7.47. The minimum Gasteiger partial charge on any atom is -0.377 e. The Hall–Kier alpha value is -2.42. The topological polar surface area (TPSA) is 65.0 Å². The third-order valence-electron chi connectivity index (χ3n) is 7.07. The van der Waals surface area contributed by atoms with Gasteiger partial charge in [-0.1, -0.05) is 29.8 Å². The van der Waals surface area contributed by atoms with Crippen LogP contribution in [0.3, 0.4) is 0 Å². The third-order valence-corrected chi connectivity index (χ3v) is 7.44. The molecule has 1 amide bonds. The molecule has 0 bridgehead atoms. The lowest BCUT2D eigenvalue weighted by atomic mass is 10.1. The first-order valence-corrected chi connectivity index (χ1v) is 12.7. The second-order valence-electron chi connectivity index (χ2n) is 9.31. The van der Waals surface area contributed by atoms with Crippen LogP contribution >= 0.6 is 11.6 Å². The summed E-state index contributed by atoms with van der Waals surface area (Å²) in [6, 6.07) is 11.7. The second kappa shape index (κ2) is 10.9. The van der Waals surface area contributed by atoms with E-state index in [-0.39, 0.29) is 5.91 Å². The monoisotopic (exact) mass is 484 g/mol. The van der Waals surface area contributed by atoms with Gasteiger partial charge in [-0.25, -0.2) is 0 Å². The predicted molar refractivity (Wildman–Crippen MR) is 134 cm³/mol. The zero-order valence-electron chi connectivity index (χ0n) is 19.6. The Balaban J connectivity index is 1.08. The molecule has 1 atom stereocenters. The highest BCUT2D eigenvalue weighted by Gasteiger charge is 2.25. The number of hydrogen-bond donors (Lipinski definition) is 0. The molecule has 3 fully saturated rings. The number of rotatable bonds is 6. The highest BCUT2D eigenvalue weighted by molar-refractivity contribution is 6.31. The number of nitrogens with zero attached hydrogens (tertiary/aromatic N) is 6. The Morgan fingerprint density at radius 2 is 1.56 bits per heavy atom. The van der Waals surface area contributed by atoms with E-state index in [0.717, 1.165) is 69.6 Å². The van der Waals surface area contributed by atoms with Crippen LogP contribution in [-0.2, 0) is 16.0 Å². The fraction of sp³-hybridized carbons (Fsp3) is 0.560. The van der Waals surface area contributed by atoms with Crippen LogP contribution in [0.15, 0.2) is 36.4 Å². The zero-order chi connectivity index (χ0) is 23.3. The summed E-state index contributed by atoms with van der Waals surface area (Å²) in [7, 11) is 0. The van der Waals surface area contributed by atoms with Gasteiger partial charge in [0.05, 0.1) is 12.5 Å². The first-order chi connectivity index (χ1) is 16.7. The summed E-state index contributed by atoms with van der Waals surface area (Å²) in [4.78, 5) is 21.6. The van der Waals surface area contributed by atoms with Crippen molar-refractivity contribution in [1.29, 1.82) is 0 Å². The minimum atomic E-state index is 0.118. The van der Waals surface area contributed by atoms with E-state index >= 15 is 0 Å². The van der Waals surface area contributed by atoms with Gasteiger partial charge in [0, 0.05) is 70.5 Å². The molecule has 182 valence electrons. The first-order valence-electron chi connectivity index (χ1n) is 12.3. The molecule has 0 aliphatic carbocycles. The minimum absolute atomic E-state index is 0.118. The summed E-state index contributed by atoms with van der Waals surface area (Å²) >= 11 is 6.22. The lowest BCUT2D eigenvalue weighted by Gasteiger charge is -2.37. The lowest BCUT2D eigenvalue weighted by Crippen LogP contribution is -2.49. The molecule has 1 unspecified atom stereocenters. The molecule has 9 heteroatoms. The van der Waals surface area contributed by atoms with E-state index in [4.69, 9.17) is 16.3 Å². The Morgan fingerprint density at radius 1 is 0.912 bits per heavy atom. The molecular weight excluding hydrogens is 452 g/mol. The highest BCUT2D eigenvalue weighted by atomic mass is 35.5. The summed E-state index contributed by atoms with van der Waals surface area (Å²) in [6.45, 7) is 8.83. The molecular formula is C25H33ClN6O2. The number of halogens is 1. The van der Waals surface area contributed by atoms with E-state index in [2.05, 4.69) is 37.0 Å². The van der Waals surface area contributed by atoms with Crippen molar-refractivity contribution >= 4 is 29.1 Å². The molecule has 0 N–H and O–H groups in total. The van der Waals surface area contributed by atoms with E-state index < -0.39 is 0 Å². The van der Waals surface area contributed by atoms with Gasteiger partial charge in [0.1, 0.15) is 0 Å². The molecule has 3 aliphatic heterocycles. The number of anilines is 2. The van der Waals surface area contributed by atoms with E-state index in [9.17, 15) is 4.79 Å². The summed E-state index contributed by atoms with van der Waals surface area (Å²) < 4.78 is 5.78. The van der Waals surface area contributed by atoms with Crippen molar-refractivity contribution in [1.82, 2.24) is 20.0 Å². The van der Waals surface area contributed by atoms with Crippen LogP contribution in [-0.4, -0.2) is 97.5 Å². The highest BCUT2D eigenvalue weighted by Crippen LogP contribution is 2.20. The molecule has 0 spiro atoms. The fourth-order valence-corrected chi connectivity index (χ4v) is 5.20. The maximum atomic E-state index is 12.7. The van der Waals surface area contributed by atoms with E-state index in [1.165, 1.54) is 12.8 Å². The van der Waals surface area contributed by atoms with Gasteiger partial charge in [0.2, 0.25) is 5.91 Å². The van der Waals surface area contributed by atoms with Gasteiger partial charge in [-0.2, -0.15) is 0 Å². The van der Waals surface area contributed by atoms with Crippen LogP contribution in [0.1, 0.15) is 18.4 Å². The first kappa shape index (κ1) is 23.3. The van der Waals surface area contributed by atoms with Crippen molar-refractivity contribution in [2.45, 2.75) is 25.4 Å². The SMILES string of the molecule is O=C(Cc1ccccc1Cl)N1CCN(c2ccc(N3CCN(CC4CCCO4)CC3)nn2)CC1. The smallest absolute Gasteiger partial charge is 0.227 e. The van der Waals surface area contributed by atoms with E-state index in [1.807, 2.05) is 29.2 Å². The van der Waals surface area contributed by atoms with Gasteiger partial charge in [-0.3, -0.25) is 9.69 Å². The average Bonchev–Trinajstić information content (AvgIpc) is 3.39. The summed E-state index contributed by atoms with van der Waals surface area (Å²) in [5.74, 6) is 1.93. The van der Waals surface area contributed by atoms with E-state index in [0.29, 0.717) is 30.6 Å². The largest absolute Gasteiger partial charge is 0.377 e. The van der Waals surface area contributed by atoms with Crippen molar-refractivity contribution < 1.29 is 9.53 Å². The normalized spacial score (nSPS) is 21.8. The van der Waals surface area contributed by atoms with Crippen molar-refractivity contribution in [3.05, 3.63) is 47.0 Å². The molecule has 3 aliphatic rings. The number of benzene rings is 1. The molecule has 1 aromatic heterocycles. The van der Waals surface area contributed by atoms with E-state index in [1.54, 1.807) is 0 Å². The molecule has 8 nitrogen and oxygen atoms in total. The molecule has 4 heterocycles. The number of hydrogen-bond acceptors (Lipinski definition) is 7. The zero-order valence-corrected chi connectivity index (χ0v) is 20.4. The van der Waals surface area contributed by atoms with Gasteiger partial charge in [0.15, 0.2) is 11.6 Å². The molecule has 3 saturated heterocycles. The molecule has 0 saturated carbocycles. The number of amides is 1. The van der Waals surface area contributed by atoms with Crippen LogP contribution in [0.25, 0.3) is 0 Å².